The Kier molecular flexibility index (Phi) is 3.92. The quantitative estimate of drug-likeness (QED) is 0.569. The monoisotopic (exact) mass is 354 g/mol. The molecule has 0 radical (unpaired) electrons. The van der Waals surface area contributed by atoms with Gasteiger partial charge in [-0.1, -0.05) is 0 Å². The van der Waals surface area contributed by atoms with Crippen LogP contribution in [0.3, 0.4) is 0 Å². The number of benzene rings is 1. The largest absolute Gasteiger partial charge is 0.507 e. The molecule has 0 aliphatic heterocycles. The van der Waals surface area contributed by atoms with E-state index in [2.05, 4.69) is 15.0 Å². The van der Waals surface area contributed by atoms with E-state index in [0.717, 1.165) is 6.07 Å². The Morgan fingerprint density at radius 2 is 1.96 bits per heavy atom. The Bertz CT molecular complexity index is 1100. The van der Waals surface area contributed by atoms with Crippen molar-refractivity contribution in [2.24, 2.45) is 0 Å². The van der Waals surface area contributed by atoms with Gasteiger partial charge in [-0.2, -0.15) is 4.39 Å². The van der Waals surface area contributed by atoms with Crippen LogP contribution in [-0.2, 0) is 6.61 Å². The van der Waals surface area contributed by atoms with Crippen molar-refractivity contribution in [3.8, 4) is 22.6 Å². The fraction of sp³-hybridized carbons (Fsp3) is 0.0556. The van der Waals surface area contributed by atoms with Gasteiger partial charge in [-0.15, -0.1) is 0 Å². The van der Waals surface area contributed by atoms with E-state index >= 15 is 0 Å². The molecule has 0 atom stereocenters. The normalized spacial score (nSPS) is 11.0. The lowest BCUT2D eigenvalue weighted by Gasteiger charge is -2.04. The summed E-state index contributed by atoms with van der Waals surface area (Å²) >= 11 is 0. The highest BCUT2D eigenvalue weighted by atomic mass is 19.1. The Morgan fingerprint density at radius 1 is 1.08 bits per heavy atom. The van der Waals surface area contributed by atoms with Crippen molar-refractivity contribution >= 4 is 5.78 Å². The molecule has 26 heavy (non-hydrogen) atoms. The molecule has 4 rings (SSSR count). The number of imidazole rings is 1. The molecule has 0 unspecified atom stereocenters. The molecule has 0 fully saturated rings. The number of halogens is 2. The van der Waals surface area contributed by atoms with Crippen LogP contribution in [0, 0.1) is 11.8 Å². The van der Waals surface area contributed by atoms with Crippen molar-refractivity contribution in [3.63, 3.8) is 0 Å². The SMILES string of the molecule is Oc1cc(F)ccc1-c1cnc2nc(COc3ccnc(F)c3)cn2c1. The maximum absolute atomic E-state index is 13.1. The van der Waals surface area contributed by atoms with Gasteiger partial charge in [0.1, 0.15) is 23.9 Å². The number of hydrogen-bond acceptors (Lipinski definition) is 5. The lowest BCUT2D eigenvalue weighted by atomic mass is 10.1. The summed E-state index contributed by atoms with van der Waals surface area (Å²) in [5.74, 6) is -0.526. The highest BCUT2D eigenvalue weighted by Crippen LogP contribution is 2.29. The second-order valence-electron chi connectivity index (χ2n) is 5.55. The van der Waals surface area contributed by atoms with Crippen molar-refractivity contribution in [3.05, 3.63) is 72.6 Å². The lowest BCUT2D eigenvalue weighted by Crippen LogP contribution is -1.96. The summed E-state index contributed by atoms with van der Waals surface area (Å²) < 4.78 is 33.4. The number of rotatable bonds is 4. The summed E-state index contributed by atoms with van der Waals surface area (Å²) in [5.41, 5.74) is 1.66. The average Bonchev–Trinajstić information content (AvgIpc) is 3.02. The minimum atomic E-state index is -0.622. The average molecular weight is 354 g/mol. The van der Waals surface area contributed by atoms with Gasteiger partial charge in [0.2, 0.25) is 11.7 Å². The molecule has 0 aliphatic carbocycles. The molecule has 130 valence electrons. The summed E-state index contributed by atoms with van der Waals surface area (Å²) in [6.07, 6.45) is 6.29. The van der Waals surface area contributed by atoms with Gasteiger partial charge in [0.05, 0.1) is 5.69 Å². The molecule has 1 aromatic carbocycles. The minimum absolute atomic E-state index is 0.129. The predicted molar refractivity (Wildman–Crippen MR) is 88.6 cm³/mol. The van der Waals surface area contributed by atoms with Crippen LogP contribution in [0.4, 0.5) is 8.78 Å². The Labute approximate surface area is 146 Å². The smallest absolute Gasteiger partial charge is 0.234 e. The van der Waals surface area contributed by atoms with Crippen LogP contribution < -0.4 is 4.74 Å². The number of hydrogen-bond donors (Lipinski definition) is 1. The number of nitrogens with zero attached hydrogens (tertiary/aromatic N) is 4. The van der Waals surface area contributed by atoms with E-state index in [1.54, 1.807) is 22.9 Å². The summed E-state index contributed by atoms with van der Waals surface area (Å²) in [7, 11) is 0. The van der Waals surface area contributed by atoms with Gasteiger partial charge in [-0.05, 0) is 18.2 Å². The van der Waals surface area contributed by atoms with Gasteiger partial charge >= 0.3 is 0 Å². The zero-order valence-electron chi connectivity index (χ0n) is 13.3. The molecule has 0 saturated carbocycles. The van der Waals surface area contributed by atoms with Crippen molar-refractivity contribution in [2.45, 2.75) is 6.61 Å². The molecule has 3 aromatic heterocycles. The fourth-order valence-electron chi connectivity index (χ4n) is 2.52. The molecular weight excluding hydrogens is 342 g/mol. The molecule has 4 aromatic rings. The molecule has 8 heteroatoms. The summed E-state index contributed by atoms with van der Waals surface area (Å²) in [6.45, 7) is 0.129. The lowest BCUT2D eigenvalue weighted by molar-refractivity contribution is 0.299. The first-order chi connectivity index (χ1) is 12.6. The number of phenols is 1. The van der Waals surface area contributed by atoms with Crippen molar-refractivity contribution in [2.75, 3.05) is 0 Å². The van der Waals surface area contributed by atoms with Crippen molar-refractivity contribution in [1.82, 2.24) is 19.4 Å². The summed E-state index contributed by atoms with van der Waals surface area (Å²) in [6, 6.07) is 6.52. The standard InChI is InChI=1S/C18H12F2N4O2/c19-12-1-2-15(16(25)5-12)11-7-22-18-23-13(9-24(18)8-11)10-26-14-3-4-21-17(20)6-14/h1-9,25H,10H2. The number of aromatic nitrogens is 4. The third-order valence-electron chi connectivity index (χ3n) is 3.72. The van der Waals surface area contributed by atoms with E-state index < -0.39 is 11.8 Å². The van der Waals surface area contributed by atoms with E-state index in [4.69, 9.17) is 4.74 Å². The van der Waals surface area contributed by atoms with Crippen LogP contribution in [0.2, 0.25) is 0 Å². The maximum Gasteiger partial charge on any atom is 0.234 e. The topological polar surface area (TPSA) is 72.5 Å². The molecule has 0 amide bonds. The zero-order chi connectivity index (χ0) is 18.1. The molecule has 0 aliphatic rings. The van der Waals surface area contributed by atoms with Crippen LogP contribution >= 0.6 is 0 Å². The van der Waals surface area contributed by atoms with E-state index in [-0.39, 0.29) is 12.4 Å². The number of pyridine rings is 1. The number of phenolic OH excluding ortho intramolecular Hbond substituents is 1. The van der Waals surface area contributed by atoms with Gasteiger partial charge in [0, 0.05) is 48.0 Å². The van der Waals surface area contributed by atoms with E-state index in [9.17, 15) is 13.9 Å². The second kappa shape index (κ2) is 6.40. The van der Waals surface area contributed by atoms with Crippen LogP contribution in [0.1, 0.15) is 5.69 Å². The van der Waals surface area contributed by atoms with Crippen LogP contribution in [0.5, 0.6) is 11.5 Å². The molecule has 0 bridgehead atoms. The summed E-state index contributed by atoms with van der Waals surface area (Å²) in [4.78, 5) is 12.0. The van der Waals surface area contributed by atoms with Gasteiger partial charge in [0.15, 0.2) is 0 Å². The van der Waals surface area contributed by atoms with Crippen LogP contribution in [-0.4, -0.2) is 24.5 Å². The van der Waals surface area contributed by atoms with Gasteiger partial charge < -0.3 is 9.84 Å². The molecule has 0 spiro atoms. The molecule has 1 N–H and O–H groups in total. The predicted octanol–water partition coefficient (Wildman–Crippen LogP) is 3.35. The summed E-state index contributed by atoms with van der Waals surface area (Å²) in [5, 5.41) is 9.91. The van der Waals surface area contributed by atoms with E-state index in [0.29, 0.717) is 28.3 Å². The highest BCUT2D eigenvalue weighted by Gasteiger charge is 2.09. The second-order valence-corrected chi connectivity index (χ2v) is 5.55. The zero-order valence-corrected chi connectivity index (χ0v) is 13.3. The van der Waals surface area contributed by atoms with Crippen LogP contribution in [0.15, 0.2) is 55.1 Å². The van der Waals surface area contributed by atoms with E-state index in [1.807, 2.05) is 0 Å². The first-order valence-electron chi connectivity index (χ1n) is 7.65. The number of aromatic hydroxyl groups is 1. The Hall–Kier alpha value is -3.55. The van der Waals surface area contributed by atoms with E-state index in [1.165, 1.54) is 30.6 Å². The van der Waals surface area contributed by atoms with Crippen molar-refractivity contribution < 1.29 is 18.6 Å². The number of ether oxygens (including phenoxy) is 1. The first-order valence-corrected chi connectivity index (χ1v) is 7.65. The van der Waals surface area contributed by atoms with Gasteiger partial charge in [-0.25, -0.2) is 19.3 Å². The Balaban J connectivity index is 1.59. The fourth-order valence-corrected chi connectivity index (χ4v) is 2.52. The highest BCUT2D eigenvalue weighted by molar-refractivity contribution is 5.69. The third-order valence-corrected chi connectivity index (χ3v) is 3.72. The third kappa shape index (κ3) is 3.16. The minimum Gasteiger partial charge on any atom is -0.507 e. The van der Waals surface area contributed by atoms with Gasteiger partial charge in [0.25, 0.3) is 0 Å². The molecule has 0 saturated heterocycles. The van der Waals surface area contributed by atoms with Crippen molar-refractivity contribution in [1.29, 1.82) is 0 Å². The van der Waals surface area contributed by atoms with Gasteiger partial charge in [-0.3, -0.25) is 4.40 Å². The molecular formula is C18H12F2N4O2. The number of fused-ring (bicyclic) bond motifs is 1. The maximum atomic E-state index is 13.1. The first kappa shape index (κ1) is 15.9. The molecule has 3 heterocycles. The Morgan fingerprint density at radius 3 is 2.77 bits per heavy atom. The molecule has 6 nitrogen and oxygen atoms in total. The van der Waals surface area contributed by atoms with Crippen LogP contribution in [0.25, 0.3) is 16.9 Å².